The van der Waals surface area contributed by atoms with Crippen LogP contribution in [0.2, 0.25) is 0 Å². The van der Waals surface area contributed by atoms with Gasteiger partial charge in [0.15, 0.2) is 0 Å². The molecule has 2 N–H and O–H groups in total. The minimum Gasteiger partial charge on any atom is -0.346 e. The fraction of sp³-hybridized carbons (Fsp3) is 0.714. The van der Waals surface area contributed by atoms with E-state index < -0.39 is 0 Å². The zero-order chi connectivity index (χ0) is 26.6. The van der Waals surface area contributed by atoms with Gasteiger partial charge in [0.1, 0.15) is 5.54 Å². The molecule has 4 saturated carbocycles. The van der Waals surface area contributed by atoms with Crippen molar-refractivity contribution in [2.45, 2.75) is 102 Å². The maximum Gasteiger partial charge on any atom is 0.125 e. The first-order chi connectivity index (χ1) is 18.8. The minimum atomic E-state index is -0.270. The van der Waals surface area contributed by atoms with Crippen LogP contribution >= 0.6 is 0 Å². The summed E-state index contributed by atoms with van der Waals surface area (Å²) in [4.78, 5) is 6.00. The average molecular weight is 521 g/mol. The van der Waals surface area contributed by atoms with Gasteiger partial charge in [0.25, 0.3) is 0 Å². The molecule has 2 saturated heterocycles. The van der Waals surface area contributed by atoms with Crippen LogP contribution in [0, 0.1) is 75.4 Å². The van der Waals surface area contributed by atoms with Gasteiger partial charge in [0.2, 0.25) is 0 Å². The van der Waals surface area contributed by atoms with Gasteiger partial charge in [-0.3, -0.25) is 10.3 Å². The summed E-state index contributed by atoms with van der Waals surface area (Å²) in [7, 11) is 0. The van der Waals surface area contributed by atoms with Crippen molar-refractivity contribution in [3.8, 4) is 11.8 Å². The Morgan fingerprint density at radius 1 is 1.13 bits per heavy atom. The predicted molar refractivity (Wildman–Crippen MR) is 155 cm³/mol. The molecule has 6 fully saturated rings. The fourth-order valence-corrected chi connectivity index (χ4v) is 13.5. The Morgan fingerprint density at radius 2 is 1.95 bits per heavy atom. The molecule has 9 rings (SSSR count). The van der Waals surface area contributed by atoms with Crippen molar-refractivity contribution < 1.29 is 0 Å². The second-order valence-corrected chi connectivity index (χ2v) is 15.3. The smallest absolute Gasteiger partial charge is 0.125 e. The van der Waals surface area contributed by atoms with E-state index in [-0.39, 0.29) is 5.54 Å². The van der Waals surface area contributed by atoms with Crippen molar-refractivity contribution in [2.24, 2.45) is 52.8 Å². The summed E-state index contributed by atoms with van der Waals surface area (Å²) in [5.41, 5.74) is 5.87. The second-order valence-electron chi connectivity index (χ2n) is 15.3. The topological polar surface area (TPSA) is 54.2 Å². The molecule has 4 nitrogen and oxygen atoms in total. The van der Waals surface area contributed by atoms with Crippen molar-refractivity contribution in [3.05, 3.63) is 35.1 Å². The summed E-state index contributed by atoms with van der Waals surface area (Å²) < 4.78 is 0. The van der Waals surface area contributed by atoms with Gasteiger partial charge in [-0.2, -0.15) is 0 Å². The van der Waals surface area contributed by atoms with Crippen molar-refractivity contribution in [3.63, 3.8) is 0 Å². The number of rotatable bonds is 1. The van der Waals surface area contributed by atoms with Crippen molar-refractivity contribution in [1.82, 2.24) is 9.80 Å². The van der Waals surface area contributed by atoms with Gasteiger partial charge in [-0.15, -0.1) is 0 Å². The fourth-order valence-electron chi connectivity index (χ4n) is 13.5. The summed E-state index contributed by atoms with van der Waals surface area (Å²) in [6, 6.07) is 2.34. The molecule has 13 unspecified atom stereocenters. The van der Waals surface area contributed by atoms with Crippen LogP contribution in [0.15, 0.2) is 35.1 Å². The Hall–Kier alpha value is -2.12. The molecule has 3 aliphatic heterocycles. The summed E-state index contributed by atoms with van der Waals surface area (Å²) in [5, 5.41) is 16.7. The van der Waals surface area contributed by atoms with Crippen molar-refractivity contribution in [1.29, 1.82) is 10.8 Å². The lowest BCUT2D eigenvalue weighted by Crippen LogP contribution is -2.67. The molecular weight excluding hydrogens is 476 g/mol. The van der Waals surface area contributed by atoms with Crippen molar-refractivity contribution in [2.75, 3.05) is 0 Å². The van der Waals surface area contributed by atoms with Crippen LogP contribution < -0.4 is 0 Å². The largest absolute Gasteiger partial charge is 0.346 e. The third-order valence-corrected chi connectivity index (χ3v) is 14.1. The minimum absolute atomic E-state index is 0.270. The standard InChI is InChI=1S/C35H44N4/c1-18-16-34(17-18,12-7-13-36)39-26-9-6-5-8-24(26)29-30-21(4)35(30)25-11-10-23-20(3)31(25)38(33(35)32(29)39)27-15-22(37)14-19(2)28(23)27/h6,9,13,16,19-21,23,25,27-33,36-37H,5,8,10-11,14-15,17H2,1-4H3/t19?,20-,21?,23?,25?,27?,28?,29?,30?,31?,32?,33?,34?,35?/m1/s1. The summed E-state index contributed by atoms with van der Waals surface area (Å²) in [6.07, 6.45) is 16.9. The van der Waals surface area contributed by atoms with E-state index in [0.717, 1.165) is 60.5 Å². The van der Waals surface area contributed by atoms with E-state index in [1.807, 2.05) is 0 Å². The molecule has 204 valence electrons. The lowest BCUT2D eigenvalue weighted by Gasteiger charge is -2.60. The van der Waals surface area contributed by atoms with Gasteiger partial charge < -0.3 is 10.3 Å². The third-order valence-electron chi connectivity index (χ3n) is 14.1. The van der Waals surface area contributed by atoms with Gasteiger partial charge in [0, 0.05) is 48.3 Å². The van der Waals surface area contributed by atoms with Crippen LogP contribution in [0.25, 0.3) is 0 Å². The number of nitrogens with one attached hydrogen (secondary N) is 2. The molecule has 2 bridgehead atoms. The number of hydrogen-bond donors (Lipinski definition) is 2. The summed E-state index contributed by atoms with van der Waals surface area (Å²) in [6.45, 7) is 10.00. The number of fused-ring (bicyclic) bond motifs is 9. The van der Waals surface area contributed by atoms with Gasteiger partial charge in [-0.25, -0.2) is 0 Å². The first-order valence-corrected chi connectivity index (χ1v) is 16.1. The zero-order valence-electron chi connectivity index (χ0n) is 24.1. The van der Waals surface area contributed by atoms with Crippen LogP contribution in [0.1, 0.15) is 72.6 Å². The molecule has 39 heavy (non-hydrogen) atoms. The molecule has 14 atom stereocenters. The number of hydrogen-bond acceptors (Lipinski definition) is 4. The van der Waals surface area contributed by atoms with E-state index >= 15 is 0 Å². The zero-order valence-corrected chi connectivity index (χ0v) is 24.1. The van der Waals surface area contributed by atoms with Gasteiger partial charge >= 0.3 is 0 Å². The van der Waals surface area contributed by atoms with Crippen molar-refractivity contribution >= 4 is 11.9 Å². The lowest BCUT2D eigenvalue weighted by molar-refractivity contribution is -0.101. The van der Waals surface area contributed by atoms with Crippen LogP contribution in [-0.2, 0) is 0 Å². The molecule has 0 aromatic carbocycles. The molecule has 3 heterocycles. The van der Waals surface area contributed by atoms with E-state index in [1.165, 1.54) is 43.2 Å². The molecule has 0 radical (unpaired) electrons. The highest BCUT2D eigenvalue weighted by Crippen LogP contribution is 2.84. The maximum atomic E-state index is 8.92. The summed E-state index contributed by atoms with van der Waals surface area (Å²) in [5.74, 6) is 12.9. The van der Waals surface area contributed by atoms with Crippen LogP contribution in [0.5, 0.6) is 0 Å². The molecular formula is C35H44N4. The predicted octanol–water partition coefficient (Wildman–Crippen LogP) is 6.06. The Morgan fingerprint density at radius 3 is 2.72 bits per heavy atom. The van der Waals surface area contributed by atoms with Crippen LogP contribution in [0.3, 0.4) is 0 Å². The van der Waals surface area contributed by atoms with E-state index in [9.17, 15) is 0 Å². The third kappa shape index (κ3) is 2.48. The highest BCUT2D eigenvalue weighted by Gasteiger charge is 2.87. The molecule has 4 heteroatoms. The quantitative estimate of drug-likeness (QED) is 0.251. The Bertz CT molecular complexity index is 1360. The molecule has 1 spiro atoms. The van der Waals surface area contributed by atoms with Gasteiger partial charge in [-0.05, 0) is 104 Å². The van der Waals surface area contributed by atoms with Crippen LogP contribution in [-0.4, -0.2) is 51.4 Å². The summed E-state index contributed by atoms with van der Waals surface area (Å²) >= 11 is 0. The Labute approximate surface area is 234 Å². The first-order valence-electron chi connectivity index (χ1n) is 16.1. The first kappa shape index (κ1) is 23.6. The van der Waals surface area contributed by atoms with E-state index in [1.54, 1.807) is 5.57 Å². The monoisotopic (exact) mass is 520 g/mol. The Kier molecular flexibility index (Phi) is 4.46. The lowest BCUT2D eigenvalue weighted by atomic mass is 9.55. The highest BCUT2D eigenvalue weighted by atomic mass is 15.4. The molecule has 6 aliphatic carbocycles. The number of nitrogens with zero attached hydrogens (tertiary/aromatic N) is 2. The van der Waals surface area contributed by atoms with E-state index in [4.69, 9.17) is 10.8 Å². The SMILES string of the molecule is CC1=CC(C#CC=N)(N2C3=C(CCC=C3)C3C2C2N4C5CC(=N)CC(C)C5C5CCC(C4[C@@H]5C)C24C(C)C34)C1. The maximum absolute atomic E-state index is 8.92. The number of piperidine rings is 1. The number of allylic oxidation sites excluding steroid dienone is 2. The average Bonchev–Trinajstić information content (AvgIpc) is 3.17. The van der Waals surface area contributed by atoms with E-state index in [0.29, 0.717) is 41.4 Å². The Balaban J connectivity index is 1.25. The molecule has 0 amide bonds. The molecule has 9 aliphatic rings. The molecule has 0 aromatic rings. The second kappa shape index (κ2) is 7.39. The van der Waals surface area contributed by atoms with E-state index in [2.05, 4.69) is 67.6 Å². The highest BCUT2D eigenvalue weighted by molar-refractivity contribution is 5.83. The normalized spacial score (nSPS) is 55.4. The van der Waals surface area contributed by atoms with Gasteiger partial charge in [-0.1, -0.05) is 44.3 Å². The van der Waals surface area contributed by atoms with Crippen LogP contribution in [0.4, 0.5) is 0 Å². The van der Waals surface area contributed by atoms with Gasteiger partial charge in [0.05, 0.1) is 12.3 Å². The molecule has 0 aromatic heterocycles.